The number of methoxy groups -OCH3 is 1. The number of carbonyl (C=O) groups is 1. The molecular formula is C22H24N4O2. The molecule has 0 fully saturated rings. The molecular weight excluding hydrogens is 352 g/mol. The molecule has 0 spiro atoms. The van der Waals surface area contributed by atoms with Crippen molar-refractivity contribution in [2.75, 3.05) is 13.7 Å². The molecule has 0 radical (unpaired) electrons. The summed E-state index contributed by atoms with van der Waals surface area (Å²) >= 11 is 0. The van der Waals surface area contributed by atoms with E-state index < -0.39 is 0 Å². The summed E-state index contributed by atoms with van der Waals surface area (Å²) in [7, 11) is 1.57. The fraction of sp³-hybridized carbons (Fsp3) is 0.318. The van der Waals surface area contributed by atoms with E-state index in [1.54, 1.807) is 31.6 Å². The zero-order chi connectivity index (χ0) is 19.3. The smallest absolute Gasteiger partial charge is 0.255 e. The molecule has 2 heterocycles. The molecule has 6 heteroatoms. The fourth-order valence-corrected chi connectivity index (χ4v) is 3.80. The molecule has 6 nitrogen and oxygen atoms in total. The third-order valence-corrected chi connectivity index (χ3v) is 5.17. The van der Waals surface area contributed by atoms with Gasteiger partial charge in [-0.25, -0.2) is 0 Å². The van der Waals surface area contributed by atoms with Crippen LogP contribution in [0.1, 0.15) is 34.5 Å². The van der Waals surface area contributed by atoms with Gasteiger partial charge in [0.25, 0.3) is 5.91 Å². The molecule has 1 amide bonds. The van der Waals surface area contributed by atoms with Gasteiger partial charge in [0.1, 0.15) is 5.75 Å². The van der Waals surface area contributed by atoms with Gasteiger partial charge < -0.3 is 10.1 Å². The van der Waals surface area contributed by atoms with E-state index >= 15 is 0 Å². The van der Waals surface area contributed by atoms with E-state index in [2.05, 4.69) is 15.0 Å². The van der Waals surface area contributed by atoms with Crippen LogP contribution >= 0.6 is 0 Å². The molecule has 1 aromatic carbocycles. The van der Waals surface area contributed by atoms with E-state index in [1.165, 1.54) is 24.1 Å². The molecule has 0 unspecified atom stereocenters. The Labute approximate surface area is 164 Å². The Kier molecular flexibility index (Phi) is 5.37. The van der Waals surface area contributed by atoms with Crippen molar-refractivity contribution in [3.63, 3.8) is 0 Å². The largest absolute Gasteiger partial charge is 0.496 e. The van der Waals surface area contributed by atoms with E-state index in [4.69, 9.17) is 9.84 Å². The summed E-state index contributed by atoms with van der Waals surface area (Å²) < 4.78 is 7.34. The van der Waals surface area contributed by atoms with Crippen LogP contribution in [-0.2, 0) is 19.4 Å². The molecule has 0 aliphatic heterocycles. The van der Waals surface area contributed by atoms with Gasteiger partial charge in [-0.2, -0.15) is 5.10 Å². The minimum Gasteiger partial charge on any atom is -0.496 e. The van der Waals surface area contributed by atoms with Gasteiger partial charge in [0, 0.05) is 35.8 Å². The Bertz CT molecular complexity index is 966. The third kappa shape index (κ3) is 3.63. The topological polar surface area (TPSA) is 69.0 Å². The van der Waals surface area contributed by atoms with Crippen LogP contribution < -0.4 is 10.1 Å². The van der Waals surface area contributed by atoms with Crippen molar-refractivity contribution in [3.05, 3.63) is 65.6 Å². The van der Waals surface area contributed by atoms with E-state index in [0.717, 1.165) is 24.1 Å². The monoisotopic (exact) mass is 376 g/mol. The van der Waals surface area contributed by atoms with E-state index in [0.29, 0.717) is 24.4 Å². The van der Waals surface area contributed by atoms with Crippen molar-refractivity contribution in [1.82, 2.24) is 20.1 Å². The number of para-hydroxylation sites is 1. The molecule has 1 aliphatic rings. The Balaban J connectivity index is 1.49. The van der Waals surface area contributed by atoms with Crippen molar-refractivity contribution in [2.24, 2.45) is 0 Å². The number of carbonyl (C=O) groups excluding carboxylic acids is 1. The number of nitrogens with one attached hydrogen (secondary N) is 1. The van der Waals surface area contributed by atoms with Crippen LogP contribution in [0.4, 0.5) is 0 Å². The standard InChI is InChI=1S/C22H24N4O2/c1-28-20-9-5-3-7-18(20)22(27)24-14-15-26-19-8-4-2-6-17(19)21(25-26)16-10-12-23-13-11-16/h3,5,7,9-13H,2,4,6,8,14-15H2,1H3,(H,24,27). The molecule has 1 aliphatic carbocycles. The Morgan fingerprint density at radius 2 is 1.93 bits per heavy atom. The lowest BCUT2D eigenvalue weighted by molar-refractivity contribution is 0.0949. The van der Waals surface area contributed by atoms with Crippen LogP contribution in [0.15, 0.2) is 48.8 Å². The first-order valence-corrected chi connectivity index (χ1v) is 9.68. The predicted octanol–water partition coefficient (Wildman–Crippen LogP) is 3.26. The Morgan fingerprint density at radius 1 is 1.14 bits per heavy atom. The lowest BCUT2D eigenvalue weighted by Crippen LogP contribution is -2.28. The number of aromatic nitrogens is 3. The van der Waals surface area contributed by atoms with Gasteiger partial charge in [0.05, 0.1) is 24.9 Å². The molecule has 2 aromatic heterocycles. The fourth-order valence-electron chi connectivity index (χ4n) is 3.80. The van der Waals surface area contributed by atoms with Gasteiger partial charge in [-0.3, -0.25) is 14.5 Å². The lowest BCUT2D eigenvalue weighted by atomic mass is 9.94. The summed E-state index contributed by atoms with van der Waals surface area (Å²) in [5.74, 6) is 0.448. The number of fused-ring (bicyclic) bond motifs is 1. The summed E-state index contributed by atoms with van der Waals surface area (Å²) in [4.78, 5) is 16.6. The molecule has 0 bridgehead atoms. The highest BCUT2D eigenvalue weighted by Crippen LogP contribution is 2.30. The predicted molar refractivity (Wildman–Crippen MR) is 107 cm³/mol. The third-order valence-electron chi connectivity index (χ3n) is 5.17. The number of pyridine rings is 1. The van der Waals surface area contributed by atoms with Crippen LogP contribution in [0.5, 0.6) is 5.75 Å². The number of hydrogen-bond donors (Lipinski definition) is 1. The molecule has 28 heavy (non-hydrogen) atoms. The van der Waals surface area contributed by atoms with Gasteiger partial charge in [0.2, 0.25) is 0 Å². The van der Waals surface area contributed by atoms with Crippen LogP contribution in [0.3, 0.4) is 0 Å². The minimum absolute atomic E-state index is 0.132. The number of ether oxygens (including phenoxy) is 1. The second-order valence-electron chi connectivity index (χ2n) is 6.90. The molecule has 144 valence electrons. The first-order valence-electron chi connectivity index (χ1n) is 9.68. The van der Waals surface area contributed by atoms with Gasteiger partial charge in [-0.15, -0.1) is 0 Å². The molecule has 0 saturated carbocycles. The van der Waals surface area contributed by atoms with Crippen molar-refractivity contribution < 1.29 is 9.53 Å². The van der Waals surface area contributed by atoms with Crippen molar-refractivity contribution in [1.29, 1.82) is 0 Å². The van der Waals surface area contributed by atoms with Gasteiger partial charge in [-0.1, -0.05) is 12.1 Å². The van der Waals surface area contributed by atoms with Gasteiger partial charge in [-0.05, 0) is 49.9 Å². The normalized spacial score (nSPS) is 13.0. The number of amides is 1. The summed E-state index contributed by atoms with van der Waals surface area (Å²) in [5.41, 5.74) is 5.33. The second kappa shape index (κ2) is 8.25. The average molecular weight is 376 g/mol. The zero-order valence-corrected chi connectivity index (χ0v) is 16.0. The first-order chi connectivity index (χ1) is 13.8. The number of hydrogen-bond acceptors (Lipinski definition) is 4. The number of nitrogens with zero attached hydrogens (tertiary/aromatic N) is 3. The Hall–Kier alpha value is -3.15. The summed E-state index contributed by atoms with van der Waals surface area (Å²) in [6, 6.07) is 11.3. The second-order valence-corrected chi connectivity index (χ2v) is 6.90. The molecule has 3 aromatic rings. The maximum Gasteiger partial charge on any atom is 0.255 e. The SMILES string of the molecule is COc1ccccc1C(=O)NCCn1nc(-c2ccncc2)c2c1CCCC2. The van der Waals surface area contributed by atoms with Crippen LogP contribution in [0, 0.1) is 0 Å². The molecule has 0 atom stereocenters. The first kappa shape index (κ1) is 18.2. The summed E-state index contributed by atoms with van der Waals surface area (Å²) in [5, 5.41) is 7.87. The van der Waals surface area contributed by atoms with Crippen LogP contribution in [0.25, 0.3) is 11.3 Å². The maximum atomic E-state index is 12.5. The highest BCUT2D eigenvalue weighted by atomic mass is 16.5. The van der Waals surface area contributed by atoms with E-state index in [9.17, 15) is 4.79 Å². The Morgan fingerprint density at radius 3 is 2.75 bits per heavy atom. The van der Waals surface area contributed by atoms with Crippen molar-refractivity contribution >= 4 is 5.91 Å². The maximum absolute atomic E-state index is 12.5. The van der Waals surface area contributed by atoms with E-state index in [-0.39, 0.29) is 5.91 Å². The molecule has 4 rings (SSSR count). The highest BCUT2D eigenvalue weighted by molar-refractivity contribution is 5.96. The summed E-state index contributed by atoms with van der Waals surface area (Å²) in [6.07, 6.45) is 8.08. The van der Waals surface area contributed by atoms with Crippen LogP contribution in [-0.4, -0.2) is 34.3 Å². The van der Waals surface area contributed by atoms with Crippen molar-refractivity contribution in [2.45, 2.75) is 32.2 Å². The van der Waals surface area contributed by atoms with Gasteiger partial charge in [0.15, 0.2) is 0 Å². The minimum atomic E-state index is -0.132. The van der Waals surface area contributed by atoms with Crippen LogP contribution in [0.2, 0.25) is 0 Å². The van der Waals surface area contributed by atoms with E-state index in [1.807, 2.05) is 24.3 Å². The quantitative estimate of drug-likeness (QED) is 0.717. The lowest BCUT2D eigenvalue weighted by Gasteiger charge is -2.15. The molecule has 1 N–H and O–H groups in total. The average Bonchev–Trinajstić information content (AvgIpc) is 3.13. The number of benzene rings is 1. The highest BCUT2D eigenvalue weighted by Gasteiger charge is 2.21. The summed E-state index contributed by atoms with van der Waals surface area (Å²) in [6.45, 7) is 1.16. The zero-order valence-electron chi connectivity index (χ0n) is 16.0. The molecule has 0 saturated heterocycles. The van der Waals surface area contributed by atoms with Crippen molar-refractivity contribution in [3.8, 4) is 17.0 Å². The number of rotatable bonds is 6. The van der Waals surface area contributed by atoms with Gasteiger partial charge >= 0.3 is 0 Å².